The number of nitro benzene ring substituents is 1. The number of aromatic nitrogens is 2. The third kappa shape index (κ3) is 4.40. The Bertz CT molecular complexity index is 828. The molecule has 2 aromatic rings. The van der Waals surface area contributed by atoms with Crippen molar-refractivity contribution in [2.24, 2.45) is 0 Å². The van der Waals surface area contributed by atoms with Crippen molar-refractivity contribution in [2.45, 2.75) is 37.8 Å². The van der Waals surface area contributed by atoms with Crippen LogP contribution in [0.4, 0.5) is 16.2 Å². The van der Waals surface area contributed by atoms with Gasteiger partial charge in [-0.3, -0.25) is 10.1 Å². The Morgan fingerprint density at radius 3 is 2.78 bits per heavy atom. The molecule has 1 aliphatic carbocycles. The Hall–Kier alpha value is -3.01. The highest BCUT2D eigenvalue weighted by atomic mass is 16.6. The van der Waals surface area contributed by atoms with E-state index in [2.05, 4.69) is 20.8 Å². The molecule has 10 heteroatoms. The van der Waals surface area contributed by atoms with E-state index in [1.165, 1.54) is 18.2 Å². The molecule has 1 heterocycles. The second-order valence-electron chi connectivity index (χ2n) is 6.93. The monoisotopic (exact) mass is 374 g/mol. The van der Waals surface area contributed by atoms with E-state index in [4.69, 9.17) is 4.52 Å². The van der Waals surface area contributed by atoms with Crippen LogP contribution in [0.25, 0.3) is 0 Å². The van der Waals surface area contributed by atoms with Crippen LogP contribution in [-0.2, 0) is 12.1 Å². The first kappa shape index (κ1) is 18.8. The number of nitrogens with one attached hydrogen (secondary N) is 2. The van der Waals surface area contributed by atoms with Crippen molar-refractivity contribution in [2.75, 3.05) is 19.4 Å². The van der Waals surface area contributed by atoms with Gasteiger partial charge in [-0.1, -0.05) is 24.1 Å². The number of nitrogens with zero attached hydrogens (tertiary/aromatic N) is 4. The molecule has 0 atom stereocenters. The van der Waals surface area contributed by atoms with E-state index in [0.717, 1.165) is 12.8 Å². The quantitative estimate of drug-likeness (QED) is 0.588. The van der Waals surface area contributed by atoms with Crippen LogP contribution in [0.2, 0.25) is 0 Å². The second kappa shape index (κ2) is 7.70. The largest absolute Gasteiger partial charge is 0.338 e. The number of amides is 2. The van der Waals surface area contributed by atoms with Crippen LogP contribution in [0.3, 0.4) is 0 Å². The van der Waals surface area contributed by atoms with E-state index in [-0.39, 0.29) is 5.69 Å². The Balaban J connectivity index is 1.74. The fourth-order valence-corrected chi connectivity index (χ4v) is 3.24. The predicted molar refractivity (Wildman–Crippen MR) is 97.1 cm³/mol. The van der Waals surface area contributed by atoms with Gasteiger partial charge in [0.05, 0.1) is 11.5 Å². The topological polar surface area (TPSA) is 126 Å². The van der Waals surface area contributed by atoms with Crippen molar-refractivity contribution in [3.8, 4) is 0 Å². The summed E-state index contributed by atoms with van der Waals surface area (Å²) in [5, 5.41) is 20.6. The molecule has 2 N–H and O–H groups in total. The Kier molecular flexibility index (Phi) is 5.36. The lowest BCUT2D eigenvalue weighted by Crippen LogP contribution is -2.46. The first-order valence-corrected chi connectivity index (χ1v) is 8.69. The van der Waals surface area contributed by atoms with E-state index in [1.807, 2.05) is 19.0 Å². The number of hydrogen-bond donors (Lipinski definition) is 2. The minimum atomic E-state index is -0.696. The van der Waals surface area contributed by atoms with Crippen molar-refractivity contribution in [3.63, 3.8) is 0 Å². The molecule has 2 amide bonds. The van der Waals surface area contributed by atoms with E-state index >= 15 is 0 Å². The van der Waals surface area contributed by atoms with Crippen LogP contribution in [-0.4, -0.2) is 40.1 Å². The first-order valence-electron chi connectivity index (χ1n) is 8.69. The van der Waals surface area contributed by atoms with E-state index in [9.17, 15) is 14.9 Å². The summed E-state index contributed by atoms with van der Waals surface area (Å²) in [5.74, 6) is 0.952. The number of carbonyl (C=O) groups is 1. The van der Waals surface area contributed by atoms with Gasteiger partial charge in [-0.15, -0.1) is 0 Å². The molecule has 1 saturated carbocycles. The number of hydrogen-bond acceptors (Lipinski definition) is 7. The molecule has 0 aliphatic heterocycles. The lowest BCUT2D eigenvalue weighted by Gasteiger charge is -2.26. The summed E-state index contributed by atoms with van der Waals surface area (Å²) in [6.45, 7) is 0.517. The lowest BCUT2D eigenvalue weighted by molar-refractivity contribution is -0.384. The summed E-state index contributed by atoms with van der Waals surface area (Å²) < 4.78 is 5.31. The van der Waals surface area contributed by atoms with Crippen molar-refractivity contribution < 1.29 is 14.2 Å². The third-order valence-corrected chi connectivity index (χ3v) is 4.47. The number of rotatable bonds is 6. The maximum Gasteiger partial charge on any atom is 0.320 e. The Morgan fingerprint density at radius 1 is 1.37 bits per heavy atom. The molecule has 10 nitrogen and oxygen atoms in total. The van der Waals surface area contributed by atoms with Gasteiger partial charge in [-0.25, -0.2) is 4.79 Å². The van der Waals surface area contributed by atoms with Crippen molar-refractivity contribution in [1.82, 2.24) is 20.4 Å². The van der Waals surface area contributed by atoms with Gasteiger partial charge in [0.1, 0.15) is 5.54 Å². The standard InChI is InChI=1S/C17H22N6O4/c1-22(2)11-14-19-15(21-27-14)17(8-3-4-9-17)20-16(24)18-12-6-5-7-13(10-12)23(25)26/h5-7,10H,3-4,8-9,11H2,1-2H3,(H2,18,20,24). The summed E-state index contributed by atoms with van der Waals surface area (Å²) in [4.78, 5) is 29.3. The summed E-state index contributed by atoms with van der Waals surface area (Å²) in [6.07, 6.45) is 3.29. The number of carbonyl (C=O) groups excluding carboxylic acids is 1. The summed E-state index contributed by atoms with van der Waals surface area (Å²) in [6, 6.07) is 5.33. The zero-order valence-corrected chi connectivity index (χ0v) is 15.3. The molecule has 1 aromatic carbocycles. The van der Waals surface area contributed by atoms with Crippen molar-refractivity contribution in [1.29, 1.82) is 0 Å². The maximum atomic E-state index is 12.5. The van der Waals surface area contributed by atoms with Crippen molar-refractivity contribution >= 4 is 17.4 Å². The van der Waals surface area contributed by atoms with E-state index in [1.54, 1.807) is 6.07 Å². The number of urea groups is 1. The van der Waals surface area contributed by atoms with E-state index < -0.39 is 16.5 Å². The van der Waals surface area contributed by atoms with Crippen LogP contribution < -0.4 is 10.6 Å². The highest BCUT2D eigenvalue weighted by Crippen LogP contribution is 2.37. The molecular weight excluding hydrogens is 352 g/mol. The molecule has 0 radical (unpaired) electrons. The molecular formula is C17H22N6O4. The van der Waals surface area contributed by atoms with Crippen LogP contribution >= 0.6 is 0 Å². The minimum absolute atomic E-state index is 0.0881. The fourth-order valence-electron chi connectivity index (χ4n) is 3.24. The van der Waals surface area contributed by atoms with Gasteiger partial charge < -0.3 is 20.1 Å². The van der Waals surface area contributed by atoms with Gasteiger partial charge in [-0.05, 0) is 33.0 Å². The summed E-state index contributed by atoms with van der Waals surface area (Å²) in [5.41, 5.74) is -0.440. The van der Waals surface area contributed by atoms with Crippen LogP contribution in [0.15, 0.2) is 28.8 Å². The molecule has 3 rings (SSSR count). The predicted octanol–water partition coefficient (Wildman–Crippen LogP) is 2.63. The van der Waals surface area contributed by atoms with E-state index in [0.29, 0.717) is 36.8 Å². The zero-order valence-electron chi connectivity index (χ0n) is 15.3. The molecule has 144 valence electrons. The van der Waals surface area contributed by atoms with Crippen LogP contribution in [0.1, 0.15) is 37.4 Å². The number of non-ortho nitro benzene ring substituents is 1. The summed E-state index contributed by atoms with van der Waals surface area (Å²) in [7, 11) is 3.81. The normalized spacial score (nSPS) is 15.7. The SMILES string of the molecule is CN(C)Cc1nc(C2(NC(=O)Nc3cccc([N+](=O)[O-])c3)CCCC2)no1. The lowest BCUT2D eigenvalue weighted by atomic mass is 9.97. The maximum absolute atomic E-state index is 12.5. The van der Waals surface area contributed by atoms with Gasteiger partial charge in [0.2, 0.25) is 5.89 Å². The van der Waals surface area contributed by atoms with Crippen LogP contribution in [0, 0.1) is 10.1 Å². The zero-order chi connectivity index (χ0) is 19.4. The molecule has 27 heavy (non-hydrogen) atoms. The Labute approximate surface area is 156 Å². The first-order chi connectivity index (χ1) is 12.9. The second-order valence-corrected chi connectivity index (χ2v) is 6.93. The average molecular weight is 374 g/mol. The molecule has 1 aromatic heterocycles. The highest BCUT2D eigenvalue weighted by Gasteiger charge is 2.41. The molecule has 1 aliphatic rings. The third-order valence-electron chi connectivity index (χ3n) is 4.47. The number of anilines is 1. The van der Waals surface area contributed by atoms with Gasteiger partial charge in [0.15, 0.2) is 5.82 Å². The highest BCUT2D eigenvalue weighted by molar-refractivity contribution is 5.90. The average Bonchev–Trinajstić information content (AvgIpc) is 3.25. The smallest absolute Gasteiger partial charge is 0.320 e. The molecule has 1 fully saturated rings. The van der Waals surface area contributed by atoms with Gasteiger partial charge in [0, 0.05) is 17.8 Å². The number of nitro groups is 1. The van der Waals surface area contributed by atoms with Crippen molar-refractivity contribution in [3.05, 3.63) is 46.1 Å². The molecule has 0 unspecified atom stereocenters. The minimum Gasteiger partial charge on any atom is -0.338 e. The van der Waals surface area contributed by atoms with Gasteiger partial charge >= 0.3 is 6.03 Å². The van der Waals surface area contributed by atoms with Gasteiger partial charge in [-0.2, -0.15) is 4.98 Å². The molecule has 0 saturated heterocycles. The molecule has 0 bridgehead atoms. The van der Waals surface area contributed by atoms with Crippen LogP contribution in [0.5, 0.6) is 0 Å². The molecule has 0 spiro atoms. The number of benzene rings is 1. The van der Waals surface area contributed by atoms with Gasteiger partial charge in [0.25, 0.3) is 5.69 Å². The summed E-state index contributed by atoms with van der Waals surface area (Å²) >= 11 is 0. The Morgan fingerprint density at radius 2 is 2.11 bits per heavy atom. The fraction of sp³-hybridized carbons (Fsp3) is 0.471.